The lowest BCUT2D eigenvalue weighted by atomic mass is 9.88. The molecule has 0 spiro atoms. The van der Waals surface area contributed by atoms with Crippen molar-refractivity contribution < 1.29 is 25.3 Å². The zero-order chi connectivity index (χ0) is 20.3. The van der Waals surface area contributed by atoms with Gasteiger partial charge in [-0.05, 0) is 32.6 Å². The molecule has 0 aromatic heterocycles. The molecule has 0 amide bonds. The highest BCUT2D eigenvalue weighted by Crippen LogP contribution is 2.35. The molecule has 154 valence electrons. The van der Waals surface area contributed by atoms with E-state index in [1.165, 1.54) is 0 Å². The van der Waals surface area contributed by atoms with Crippen molar-refractivity contribution in [3.8, 4) is 0 Å². The van der Waals surface area contributed by atoms with Gasteiger partial charge in [-0.2, -0.15) is 0 Å². The first kappa shape index (κ1) is 23.4. The molecule has 0 saturated heterocycles. The Balaban J connectivity index is 2.67. The van der Waals surface area contributed by atoms with Crippen LogP contribution in [-0.2, 0) is 4.79 Å². The van der Waals surface area contributed by atoms with Gasteiger partial charge in [-0.15, -0.1) is 0 Å². The van der Waals surface area contributed by atoms with Crippen LogP contribution >= 0.6 is 0 Å². The number of hydrogen-bond acceptors (Lipinski definition) is 5. The molecule has 6 nitrogen and oxygen atoms in total. The molecule has 1 fully saturated rings. The first-order valence-corrected chi connectivity index (χ1v) is 9.98. The molecule has 1 saturated carbocycles. The molecular weight excluding hydrogens is 346 g/mol. The maximum atomic E-state index is 10.5. The molecule has 4 atom stereocenters. The monoisotopic (exact) mass is 381 g/mol. The summed E-state index contributed by atoms with van der Waals surface area (Å²) in [6, 6.07) is 0. The van der Waals surface area contributed by atoms with Crippen LogP contribution in [0.2, 0.25) is 0 Å². The minimum atomic E-state index is -0.916. The number of aliphatic hydroxyl groups is 2. The number of oxime groups is 1. The van der Waals surface area contributed by atoms with E-state index in [2.05, 4.69) is 12.1 Å². The van der Waals surface area contributed by atoms with Crippen molar-refractivity contribution in [2.45, 2.75) is 83.3 Å². The molecule has 1 rings (SSSR count). The van der Waals surface area contributed by atoms with Crippen LogP contribution in [0.4, 0.5) is 0 Å². The molecule has 1 aliphatic carbocycles. The second-order valence-electron chi connectivity index (χ2n) is 7.72. The molecule has 1 aliphatic rings. The summed E-state index contributed by atoms with van der Waals surface area (Å²) in [5, 5.41) is 42.1. The number of carbonyl (C=O) groups is 1. The normalized spacial score (nSPS) is 27.0. The van der Waals surface area contributed by atoms with E-state index in [4.69, 9.17) is 5.11 Å². The molecule has 4 N–H and O–H groups in total. The molecule has 4 unspecified atom stereocenters. The molecule has 6 heteroatoms. The Morgan fingerprint density at radius 2 is 2.04 bits per heavy atom. The van der Waals surface area contributed by atoms with Crippen molar-refractivity contribution >= 4 is 11.7 Å². The molecule has 0 bridgehead atoms. The Hall–Kier alpha value is -1.66. The van der Waals surface area contributed by atoms with Crippen LogP contribution in [0.5, 0.6) is 0 Å². The SMILES string of the molecule is CCCCCC(C)(O)/C=C/C1/C(=N\O)CC(O)C1C/C=C/CCCC(=O)O. The lowest BCUT2D eigenvalue weighted by Gasteiger charge is -2.22. The lowest BCUT2D eigenvalue weighted by molar-refractivity contribution is -0.137. The fourth-order valence-corrected chi connectivity index (χ4v) is 3.52. The molecule has 0 aromatic rings. The minimum Gasteiger partial charge on any atom is -0.481 e. The number of carboxylic acids is 1. The van der Waals surface area contributed by atoms with E-state index in [1.54, 1.807) is 13.0 Å². The van der Waals surface area contributed by atoms with Crippen LogP contribution in [0, 0.1) is 11.8 Å². The largest absolute Gasteiger partial charge is 0.481 e. The standard InChI is InChI=1S/C21H35NO5/c1-3-4-9-13-21(2,26)14-12-16-17(19(23)15-18(16)22-27)10-7-5-6-8-11-20(24)25/h5,7,12,14,16-17,19,23,26-27H,3-4,6,8-11,13,15H2,1-2H3,(H,24,25)/b7-5+,14-12+,22-18-. The van der Waals surface area contributed by atoms with Crippen LogP contribution in [-0.4, -0.2) is 43.9 Å². The van der Waals surface area contributed by atoms with Crippen molar-refractivity contribution in [3.05, 3.63) is 24.3 Å². The van der Waals surface area contributed by atoms with E-state index in [0.29, 0.717) is 37.8 Å². The van der Waals surface area contributed by atoms with Crippen LogP contribution in [0.15, 0.2) is 29.5 Å². The van der Waals surface area contributed by atoms with Crippen molar-refractivity contribution in [2.24, 2.45) is 17.0 Å². The summed E-state index contributed by atoms with van der Waals surface area (Å²) in [6.45, 7) is 3.89. The third kappa shape index (κ3) is 8.71. The summed E-state index contributed by atoms with van der Waals surface area (Å²) >= 11 is 0. The van der Waals surface area contributed by atoms with Gasteiger partial charge in [0.1, 0.15) is 0 Å². The Morgan fingerprint density at radius 3 is 2.67 bits per heavy atom. The highest BCUT2D eigenvalue weighted by atomic mass is 16.4. The average Bonchev–Trinajstić information content (AvgIpc) is 2.91. The number of aliphatic carboxylic acids is 1. The van der Waals surface area contributed by atoms with Gasteiger partial charge >= 0.3 is 5.97 Å². The number of rotatable bonds is 12. The fraction of sp³-hybridized carbons (Fsp3) is 0.714. The predicted molar refractivity (Wildman–Crippen MR) is 106 cm³/mol. The Morgan fingerprint density at radius 1 is 1.30 bits per heavy atom. The van der Waals surface area contributed by atoms with Gasteiger partial charge in [0.25, 0.3) is 0 Å². The fourth-order valence-electron chi connectivity index (χ4n) is 3.52. The van der Waals surface area contributed by atoms with Gasteiger partial charge < -0.3 is 20.5 Å². The van der Waals surface area contributed by atoms with Crippen molar-refractivity contribution in [1.82, 2.24) is 0 Å². The highest BCUT2D eigenvalue weighted by Gasteiger charge is 2.38. The van der Waals surface area contributed by atoms with E-state index in [0.717, 1.165) is 19.3 Å². The highest BCUT2D eigenvalue weighted by molar-refractivity contribution is 5.90. The number of aliphatic hydroxyl groups excluding tert-OH is 1. The van der Waals surface area contributed by atoms with Crippen LogP contribution in [0.25, 0.3) is 0 Å². The van der Waals surface area contributed by atoms with Crippen LogP contribution in [0.3, 0.4) is 0 Å². The maximum Gasteiger partial charge on any atom is 0.303 e. The Labute approximate surface area is 162 Å². The van der Waals surface area contributed by atoms with Gasteiger partial charge in [0, 0.05) is 24.7 Å². The molecule has 0 heterocycles. The van der Waals surface area contributed by atoms with E-state index in [9.17, 15) is 20.2 Å². The summed E-state index contributed by atoms with van der Waals surface area (Å²) < 4.78 is 0. The van der Waals surface area contributed by atoms with Crippen LogP contribution in [0.1, 0.15) is 71.6 Å². The Kier molecular flexibility index (Phi) is 10.3. The van der Waals surface area contributed by atoms with Crippen molar-refractivity contribution in [3.63, 3.8) is 0 Å². The van der Waals surface area contributed by atoms with Gasteiger partial charge in [-0.25, -0.2) is 0 Å². The number of nitrogens with zero attached hydrogens (tertiary/aromatic N) is 1. The topological polar surface area (TPSA) is 110 Å². The summed E-state index contributed by atoms with van der Waals surface area (Å²) in [5.41, 5.74) is -0.382. The molecule has 27 heavy (non-hydrogen) atoms. The summed E-state index contributed by atoms with van der Waals surface area (Å²) in [6.07, 6.45) is 13.1. The first-order valence-electron chi connectivity index (χ1n) is 9.98. The third-order valence-electron chi connectivity index (χ3n) is 5.17. The van der Waals surface area contributed by atoms with Gasteiger partial charge in [0.15, 0.2) is 0 Å². The smallest absolute Gasteiger partial charge is 0.303 e. The predicted octanol–water partition coefficient (Wildman–Crippen LogP) is 3.90. The zero-order valence-electron chi connectivity index (χ0n) is 16.5. The number of unbranched alkanes of at least 4 members (excludes halogenated alkanes) is 3. The van der Waals surface area contributed by atoms with Crippen LogP contribution < -0.4 is 0 Å². The Bertz CT molecular complexity index is 539. The third-order valence-corrected chi connectivity index (χ3v) is 5.17. The van der Waals surface area contributed by atoms with Gasteiger partial charge in [-0.1, -0.05) is 55.6 Å². The van der Waals surface area contributed by atoms with Crippen molar-refractivity contribution in [1.29, 1.82) is 0 Å². The van der Waals surface area contributed by atoms with E-state index in [1.807, 2.05) is 18.2 Å². The number of carboxylic acid groups (broad SMARTS) is 1. The lowest BCUT2D eigenvalue weighted by Crippen LogP contribution is -2.23. The number of allylic oxidation sites excluding steroid dienone is 3. The first-order chi connectivity index (χ1) is 12.8. The van der Waals surface area contributed by atoms with E-state index >= 15 is 0 Å². The summed E-state index contributed by atoms with van der Waals surface area (Å²) in [7, 11) is 0. The number of hydrogen-bond donors (Lipinski definition) is 4. The van der Waals surface area contributed by atoms with Gasteiger partial charge in [0.2, 0.25) is 0 Å². The molecule has 0 aliphatic heterocycles. The zero-order valence-corrected chi connectivity index (χ0v) is 16.5. The van der Waals surface area contributed by atoms with E-state index in [-0.39, 0.29) is 18.3 Å². The van der Waals surface area contributed by atoms with Gasteiger partial charge in [0.05, 0.1) is 17.4 Å². The van der Waals surface area contributed by atoms with Crippen molar-refractivity contribution in [2.75, 3.05) is 0 Å². The summed E-state index contributed by atoms with van der Waals surface area (Å²) in [4.78, 5) is 10.5. The average molecular weight is 382 g/mol. The second-order valence-corrected chi connectivity index (χ2v) is 7.72. The van der Waals surface area contributed by atoms with Gasteiger partial charge in [-0.3, -0.25) is 4.79 Å². The van der Waals surface area contributed by atoms with E-state index < -0.39 is 17.7 Å². The second kappa shape index (κ2) is 11.9. The quantitative estimate of drug-likeness (QED) is 0.177. The molecular formula is C21H35NO5. The molecule has 0 radical (unpaired) electrons. The maximum absolute atomic E-state index is 10.5. The molecule has 0 aromatic carbocycles. The minimum absolute atomic E-state index is 0.116. The summed E-state index contributed by atoms with van der Waals surface area (Å²) in [5.74, 6) is -1.13.